The maximum absolute atomic E-state index is 11.4. The molecule has 0 bridgehead atoms. The molecular formula is C12H19N5O4. The van der Waals surface area contributed by atoms with Crippen LogP contribution in [0.25, 0.3) is 0 Å². The van der Waals surface area contributed by atoms with Gasteiger partial charge >= 0.3 is 11.7 Å². The van der Waals surface area contributed by atoms with Gasteiger partial charge in [0.15, 0.2) is 0 Å². The van der Waals surface area contributed by atoms with Crippen LogP contribution in [0.2, 0.25) is 0 Å². The maximum Gasteiger partial charge on any atom is 0.334 e. The van der Waals surface area contributed by atoms with Crippen LogP contribution in [0.15, 0.2) is 0 Å². The fourth-order valence-corrected chi connectivity index (χ4v) is 2.69. The van der Waals surface area contributed by atoms with E-state index in [-0.39, 0.29) is 18.7 Å². The Morgan fingerprint density at radius 3 is 2.76 bits per heavy atom. The SMILES string of the molecule is CCCc1nn(C)c(N2CCC(N)(C(=O)O)C2)c1[N+](=O)[O-]. The lowest BCUT2D eigenvalue weighted by atomic mass is 10.0. The number of aryl methyl sites for hydroxylation is 2. The molecule has 1 aromatic rings. The first-order valence-electron chi connectivity index (χ1n) is 6.77. The number of aromatic nitrogens is 2. The number of carboxylic acid groups (broad SMARTS) is 1. The molecule has 0 aliphatic carbocycles. The molecule has 1 fully saturated rings. The van der Waals surface area contributed by atoms with Gasteiger partial charge in [-0.2, -0.15) is 5.10 Å². The van der Waals surface area contributed by atoms with Gasteiger partial charge in [0, 0.05) is 20.1 Å². The minimum absolute atomic E-state index is 0.0360. The minimum Gasteiger partial charge on any atom is -0.480 e. The van der Waals surface area contributed by atoms with Crippen molar-refractivity contribution in [3.05, 3.63) is 15.8 Å². The van der Waals surface area contributed by atoms with Gasteiger partial charge in [-0.05, 0) is 12.8 Å². The number of rotatable bonds is 5. The van der Waals surface area contributed by atoms with Gasteiger partial charge in [-0.25, -0.2) is 4.68 Å². The normalized spacial score (nSPS) is 21.8. The number of carboxylic acids is 1. The zero-order valence-electron chi connectivity index (χ0n) is 12.1. The van der Waals surface area contributed by atoms with Crippen LogP contribution in [0.1, 0.15) is 25.5 Å². The number of nitrogens with zero attached hydrogens (tertiary/aromatic N) is 4. The zero-order valence-corrected chi connectivity index (χ0v) is 12.1. The summed E-state index contributed by atoms with van der Waals surface area (Å²) >= 11 is 0. The van der Waals surface area contributed by atoms with Crippen molar-refractivity contribution in [2.24, 2.45) is 12.8 Å². The molecule has 0 amide bonds. The third kappa shape index (κ3) is 2.56. The Labute approximate surface area is 121 Å². The molecule has 116 valence electrons. The Bertz CT molecular complexity index is 584. The van der Waals surface area contributed by atoms with Crippen molar-refractivity contribution in [2.45, 2.75) is 31.7 Å². The maximum atomic E-state index is 11.4. The van der Waals surface area contributed by atoms with Crippen LogP contribution in [-0.4, -0.2) is 44.4 Å². The van der Waals surface area contributed by atoms with Crippen LogP contribution < -0.4 is 10.6 Å². The van der Waals surface area contributed by atoms with Gasteiger partial charge in [-0.1, -0.05) is 13.3 Å². The highest BCUT2D eigenvalue weighted by atomic mass is 16.6. The molecule has 0 saturated carbocycles. The van der Waals surface area contributed by atoms with Crippen molar-refractivity contribution in [1.82, 2.24) is 9.78 Å². The van der Waals surface area contributed by atoms with E-state index < -0.39 is 16.4 Å². The molecule has 1 aliphatic heterocycles. The summed E-state index contributed by atoms with van der Waals surface area (Å²) in [6.07, 6.45) is 1.49. The van der Waals surface area contributed by atoms with E-state index in [4.69, 9.17) is 10.8 Å². The molecule has 1 aromatic heterocycles. The number of hydrogen-bond donors (Lipinski definition) is 2. The van der Waals surface area contributed by atoms with E-state index in [9.17, 15) is 14.9 Å². The Balaban J connectivity index is 2.41. The summed E-state index contributed by atoms with van der Waals surface area (Å²) in [5, 5.41) is 24.7. The molecule has 2 heterocycles. The molecule has 1 aliphatic rings. The Kier molecular flexibility index (Phi) is 3.86. The van der Waals surface area contributed by atoms with Crippen molar-refractivity contribution in [1.29, 1.82) is 0 Å². The van der Waals surface area contributed by atoms with E-state index in [0.717, 1.165) is 6.42 Å². The van der Waals surface area contributed by atoms with Crippen LogP contribution in [-0.2, 0) is 18.3 Å². The fraction of sp³-hybridized carbons (Fsp3) is 0.667. The summed E-state index contributed by atoms with van der Waals surface area (Å²) in [5.74, 6) is -0.763. The lowest BCUT2D eigenvalue weighted by molar-refractivity contribution is -0.384. The molecule has 1 atom stereocenters. The number of carbonyl (C=O) groups is 1. The minimum atomic E-state index is -1.37. The van der Waals surface area contributed by atoms with Gasteiger partial charge in [0.1, 0.15) is 11.2 Å². The number of nitro groups is 1. The standard InChI is InChI=1S/C12H19N5O4/c1-3-4-8-9(17(20)21)10(15(2)14-8)16-6-5-12(13,7-16)11(18)19/h3-7,13H2,1-2H3,(H,18,19). The topological polar surface area (TPSA) is 128 Å². The van der Waals surface area contributed by atoms with Crippen LogP contribution in [0.4, 0.5) is 11.5 Å². The smallest absolute Gasteiger partial charge is 0.334 e. The molecule has 21 heavy (non-hydrogen) atoms. The first-order valence-corrected chi connectivity index (χ1v) is 6.77. The van der Waals surface area contributed by atoms with Crippen molar-refractivity contribution < 1.29 is 14.8 Å². The Morgan fingerprint density at radius 1 is 1.62 bits per heavy atom. The Morgan fingerprint density at radius 2 is 2.29 bits per heavy atom. The monoisotopic (exact) mass is 297 g/mol. The number of nitrogens with two attached hydrogens (primary N) is 1. The van der Waals surface area contributed by atoms with Gasteiger partial charge in [-0.15, -0.1) is 0 Å². The third-order valence-electron chi connectivity index (χ3n) is 3.76. The van der Waals surface area contributed by atoms with E-state index in [1.165, 1.54) is 4.68 Å². The van der Waals surface area contributed by atoms with Gasteiger partial charge in [0.25, 0.3) is 0 Å². The average molecular weight is 297 g/mol. The molecule has 1 saturated heterocycles. The second kappa shape index (κ2) is 5.32. The van der Waals surface area contributed by atoms with E-state index in [0.29, 0.717) is 24.5 Å². The molecule has 3 N–H and O–H groups in total. The second-order valence-corrected chi connectivity index (χ2v) is 5.38. The summed E-state index contributed by atoms with van der Waals surface area (Å²) < 4.78 is 1.44. The molecule has 0 aromatic carbocycles. The van der Waals surface area contributed by atoms with E-state index in [1.54, 1.807) is 11.9 Å². The number of hydrogen-bond acceptors (Lipinski definition) is 6. The van der Waals surface area contributed by atoms with Crippen LogP contribution >= 0.6 is 0 Å². The molecule has 1 unspecified atom stereocenters. The fourth-order valence-electron chi connectivity index (χ4n) is 2.69. The first kappa shape index (κ1) is 15.2. The second-order valence-electron chi connectivity index (χ2n) is 5.38. The first-order chi connectivity index (χ1) is 9.80. The lowest BCUT2D eigenvalue weighted by Gasteiger charge is -2.20. The predicted molar refractivity (Wildman–Crippen MR) is 75.2 cm³/mol. The molecular weight excluding hydrogens is 278 g/mol. The van der Waals surface area contributed by atoms with Crippen molar-refractivity contribution >= 4 is 17.5 Å². The molecule has 9 heteroatoms. The van der Waals surface area contributed by atoms with Crippen LogP contribution in [0, 0.1) is 10.1 Å². The average Bonchev–Trinajstić information content (AvgIpc) is 2.92. The van der Waals surface area contributed by atoms with Gasteiger partial charge < -0.3 is 15.7 Å². The lowest BCUT2D eigenvalue weighted by Crippen LogP contribution is -2.50. The van der Waals surface area contributed by atoms with Crippen molar-refractivity contribution in [3.8, 4) is 0 Å². The highest BCUT2D eigenvalue weighted by molar-refractivity contribution is 5.81. The van der Waals surface area contributed by atoms with Gasteiger partial charge in [0.2, 0.25) is 5.82 Å². The molecule has 2 rings (SSSR count). The van der Waals surface area contributed by atoms with Gasteiger partial charge in [-0.3, -0.25) is 14.9 Å². The quantitative estimate of drug-likeness (QED) is 0.589. The zero-order chi connectivity index (χ0) is 15.8. The summed E-state index contributed by atoms with van der Waals surface area (Å²) in [6, 6.07) is 0. The predicted octanol–water partition coefficient (Wildman–Crippen LogP) is 0.273. The summed E-state index contributed by atoms with van der Waals surface area (Å²) in [4.78, 5) is 23.7. The Hall–Kier alpha value is -2.16. The third-order valence-corrected chi connectivity index (χ3v) is 3.76. The van der Waals surface area contributed by atoms with E-state index >= 15 is 0 Å². The highest BCUT2D eigenvalue weighted by Crippen LogP contribution is 2.35. The summed E-state index contributed by atoms with van der Waals surface area (Å²) in [7, 11) is 1.62. The molecule has 0 spiro atoms. The number of aliphatic carboxylic acids is 1. The number of anilines is 1. The van der Waals surface area contributed by atoms with Crippen molar-refractivity contribution in [2.75, 3.05) is 18.0 Å². The van der Waals surface area contributed by atoms with Crippen LogP contribution in [0.5, 0.6) is 0 Å². The van der Waals surface area contributed by atoms with E-state index in [2.05, 4.69) is 5.10 Å². The van der Waals surface area contributed by atoms with Crippen molar-refractivity contribution in [3.63, 3.8) is 0 Å². The molecule has 0 radical (unpaired) electrons. The van der Waals surface area contributed by atoms with E-state index in [1.807, 2.05) is 6.92 Å². The van der Waals surface area contributed by atoms with Gasteiger partial charge in [0.05, 0.1) is 4.92 Å². The summed E-state index contributed by atoms with van der Waals surface area (Å²) in [6.45, 7) is 2.31. The largest absolute Gasteiger partial charge is 0.480 e. The summed E-state index contributed by atoms with van der Waals surface area (Å²) in [5.41, 5.74) is 4.83. The van der Waals surface area contributed by atoms with Crippen LogP contribution in [0.3, 0.4) is 0 Å². The highest BCUT2D eigenvalue weighted by Gasteiger charge is 2.44. The molecule has 9 nitrogen and oxygen atoms in total.